The Hall–Kier alpha value is -2.29. The van der Waals surface area contributed by atoms with Gasteiger partial charge in [-0.1, -0.05) is 53.0 Å². The first kappa shape index (κ1) is 22.0. The highest BCUT2D eigenvalue weighted by Crippen LogP contribution is 2.31. The highest BCUT2D eigenvalue weighted by molar-refractivity contribution is 6.40. The number of carbonyl (C=O) groups is 2. The van der Waals surface area contributed by atoms with Crippen molar-refractivity contribution in [3.05, 3.63) is 68.4 Å². The first-order valence-electron chi connectivity index (χ1n) is 7.30. The Kier molecular flexibility index (Phi) is 6.92. The fourth-order valence-electron chi connectivity index (χ4n) is 2.01. The van der Waals surface area contributed by atoms with Gasteiger partial charge in [0.2, 0.25) is 0 Å². The summed E-state index contributed by atoms with van der Waals surface area (Å²) in [5.41, 5.74) is -1.16. The molecule has 2 rings (SSSR count). The van der Waals surface area contributed by atoms with Crippen molar-refractivity contribution < 1.29 is 27.2 Å². The lowest BCUT2D eigenvalue weighted by Gasteiger charge is -2.11. The second-order valence-corrected chi connectivity index (χ2v) is 6.43. The molecule has 0 fully saturated rings. The average Bonchev–Trinajstić information content (AvgIpc) is 2.57. The van der Waals surface area contributed by atoms with Gasteiger partial charge in [0.25, 0.3) is 5.91 Å². The molecule has 0 saturated heterocycles. The molecular formula is C17H9Cl3F4N2O2. The molecule has 4 nitrogen and oxygen atoms in total. The van der Waals surface area contributed by atoms with Crippen LogP contribution in [0.5, 0.6) is 0 Å². The van der Waals surface area contributed by atoms with E-state index in [9.17, 15) is 27.2 Å². The molecule has 3 amide bonds. The Balaban J connectivity index is 2.19. The predicted molar refractivity (Wildman–Crippen MR) is 99.2 cm³/mol. The lowest BCUT2D eigenvalue weighted by atomic mass is 10.1. The van der Waals surface area contributed by atoms with Crippen LogP contribution in [-0.2, 0) is 0 Å². The van der Waals surface area contributed by atoms with Gasteiger partial charge in [-0.25, -0.2) is 9.18 Å². The minimum absolute atomic E-state index is 0.0158. The van der Waals surface area contributed by atoms with E-state index in [1.54, 1.807) is 0 Å². The predicted octanol–water partition coefficient (Wildman–Crippen LogP) is 6.24. The third-order valence-corrected chi connectivity index (χ3v) is 4.20. The zero-order valence-corrected chi connectivity index (χ0v) is 15.8. The SMILES string of the molecule is O=C(NC(=O)c1c(Cl)cccc1Cl)Nc1cccc(/C=C(\Cl)C(F)(F)F)c1F. The van der Waals surface area contributed by atoms with Crippen molar-refractivity contribution in [3.8, 4) is 0 Å². The van der Waals surface area contributed by atoms with Crippen molar-refractivity contribution in [2.24, 2.45) is 0 Å². The number of alkyl halides is 3. The van der Waals surface area contributed by atoms with Gasteiger partial charge in [-0.2, -0.15) is 13.2 Å². The molecule has 0 aromatic heterocycles. The highest BCUT2D eigenvalue weighted by atomic mass is 35.5. The summed E-state index contributed by atoms with van der Waals surface area (Å²) in [6.07, 6.45) is -4.48. The molecule has 2 aromatic carbocycles. The average molecular weight is 456 g/mol. The molecule has 2 N–H and O–H groups in total. The number of anilines is 1. The van der Waals surface area contributed by atoms with E-state index in [1.165, 1.54) is 24.3 Å². The van der Waals surface area contributed by atoms with Crippen molar-refractivity contribution in [1.29, 1.82) is 0 Å². The summed E-state index contributed by atoms with van der Waals surface area (Å²) in [4.78, 5) is 24.1. The molecule has 0 saturated carbocycles. The van der Waals surface area contributed by atoms with Crippen molar-refractivity contribution in [3.63, 3.8) is 0 Å². The van der Waals surface area contributed by atoms with Gasteiger partial charge in [0.05, 0.1) is 21.3 Å². The van der Waals surface area contributed by atoms with Crippen LogP contribution in [0.25, 0.3) is 6.08 Å². The molecule has 0 aliphatic carbocycles. The molecule has 11 heteroatoms. The van der Waals surface area contributed by atoms with Crippen LogP contribution < -0.4 is 10.6 Å². The molecule has 148 valence electrons. The van der Waals surface area contributed by atoms with Crippen LogP contribution in [0.3, 0.4) is 0 Å². The summed E-state index contributed by atoms with van der Waals surface area (Å²) in [6, 6.07) is 6.39. The summed E-state index contributed by atoms with van der Waals surface area (Å²) in [6.45, 7) is 0. The van der Waals surface area contributed by atoms with Crippen LogP contribution in [0.4, 0.5) is 28.0 Å². The third-order valence-electron chi connectivity index (χ3n) is 3.25. The maximum Gasteiger partial charge on any atom is 0.426 e. The van der Waals surface area contributed by atoms with E-state index in [1.807, 2.05) is 10.6 Å². The summed E-state index contributed by atoms with van der Waals surface area (Å²) < 4.78 is 51.8. The number of halogens is 7. The first-order valence-corrected chi connectivity index (χ1v) is 8.43. The zero-order chi connectivity index (χ0) is 21.1. The van der Waals surface area contributed by atoms with E-state index in [-0.39, 0.29) is 15.6 Å². The Labute approximate surface area is 171 Å². The third kappa shape index (κ3) is 5.37. The number of allylic oxidation sites excluding steroid dienone is 1. The highest BCUT2D eigenvalue weighted by Gasteiger charge is 2.32. The minimum atomic E-state index is -4.85. The molecular weight excluding hydrogens is 447 g/mol. The number of hydrogen-bond donors (Lipinski definition) is 2. The van der Waals surface area contributed by atoms with Gasteiger partial charge in [-0.3, -0.25) is 10.1 Å². The molecule has 28 heavy (non-hydrogen) atoms. The number of benzene rings is 2. The van der Waals surface area contributed by atoms with Crippen LogP contribution in [0, 0.1) is 5.82 Å². The van der Waals surface area contributed by atoms with Gasteiger partial charge in [0.1, 0.15) is 5.03 Å². The number of hydrogen-bond acceptors (Lipinski definition) is 2. The summed E-state index contributed by atoms with van der Waals surface area (Å²) in [5.74, 6) is -2.13. The van der Waals surface area contributed by atoms with Crippen LogP contribution in [0.15, 0.2) is 41.4 Å². The van der Waals surface area contributed by atoms with E-state index in [0.717, 1.165) is 12.1 Å². The van der Waals surface area contributed by atoms with E-state index >= 15 is 0 Å². The van der Waals surface area contributed by atoms with Crippen molar-refractivity contribution in [1.82, 2.24) is 5.32 Å². The van der Waals surface area contributed by atoms with Crippen molar-refractivity contribution in [2.45, 2.75) is 6.18 Å². The maximum absolute atomic E-state index is 14.3. The molecule has 0 unspecified atom stereocenters. The van der Waals surface area contributed by atoms with Crippen molar-refractivity contribution in [2.75, 3.05) is 5.32 Å². The van der Waals surface area contributed by atoms with E-state index in [4.69, 9.17) is 34.8 Å². The standard InChI is InChI=1S/C17H9Cl3F4N2O2/c18-9-4-2-5-10(19)13(9)15(27)26-16(28)25-11-6-1-3-8(14(11)21)7-12(20)17(22,23)24/h1-7H,(H2,25,26,27,28)/b12-7-. The first-order chi connectivity index (χ1) is 13.0. The quantitative estimate of drug-likeness (QED) is 0.539. The molecule has 0 heterocycles. The molecule has 0 aliphatic rings. The smallest absolute Gasteiger partial charge is 0.305 e. The van der Waals surface area contributed by atoms with Gasteiger partial charge in [-0.05, 0) is 24.3 Å². The second-order valence-electron chi connectivity index (χ2n) is 5.20. The van der Waals surface area contributed by atoms with Gasteiger partial charge < -0.3 is 5.32 Å². The largest absolute Gasteiger partial charge is 0.426 e. The normalized spacial score (nSPS) is 11.9. The Morgan fingerprint density at radius 1 is 1.00 bits per heavy atom. The number of carbonyl (C=O) groups excluding carboxylic acids is 2. The zero-order valence-electron chi connectivity index (χ0n) is 13.5. The fraction of sp³-hybridized carbons (Fsp3) is 0.0588. The summed E-state index contributed by atoms with van der Waals surface area (Å²) in [7, 11) is 0. The molecule has 2 aromatic rings. The van der Waals surface area contributed by atoms with Crippen LogP contribution in [-0.4, -0.2) is 18.1 Å². The minimum Gasteiger partial charge on any atom is -0.305 e. The summed E-state index contributed by atoms with van der Waals surface area (Å²) >= 11 is 16.8. The summed E-state index contributed by atoms with van der Waals surface area (Å²) in [5, 5.41) is 2.33. The van der Waals surface area contributed by atoms with Crippen molar-refractivity contribution >= 4 is 58.5 Å². The Morgan fingerprint density at radius 3 is 2.14 bits per heavy atom. The van der Waals surface area contributed by atoms with Gasteiger partial charge in [0.15, 0.2) is 5.82 Å². The number of rotatable bonds is 3. The monoisotopic (exact) mass is 454 g/mol. The van der Waals surface area contributed by atoms with Gasteiger partial charge >= 0.3 is 12.2 Å². The molecule has 0 radical (unpaired) electrons. The lowest BCUT2D eigenvalue weighted by molar-refractivity contribution is -0.0836. The van der Waals surface area contributed by atoms with Gasteiger partial charge in [-0.15, -0.1) is 0 Å². The fourth-order valence-corrected chi connectivity index (χ4v) is 2.70. The number of nitrogens with one attached hydrogen (secondary N) is 2. The number of urea groups is 1. The van der Waals surface area contributed by atoms with Crippen LogP contribution >= 0.6 is 34.8 Å². The molecule has 0 atom stereocenters. The molecule has 0 aliphatic heterocycles. The Morgan fingerprint density at radius 2 is 1.57 bits per heavy atom. The van der Waals surface area contributed by atoms with E-state index in [0.29, 0.717) is 6.08 Å². The van der Waals surface area contributed by atoms with Crippen LogP contribution in [0.2, 0.25) is 10.0 Å². The number of amides is 3. The Bertz CT molecular complexity index is 942. The van der Waals surface area contributed by atoms with E-state index < -0.39 is 40.2 Å². The second kappa shape index (κ2) is 8.81. The molecule has 0 bridgehead atoms. The molecule has 0 spiro atoms. The van der Waals surface area contributed by atoms with Crippen LogP contribution in [0.1, 0.15) is 15.9 Å². The van der Waals surface area contributed by atoms with Gasteiger partial charge in [0, 0.05) is 5.56 Å². The maximum atomic E-state index is 14.3. The van der Waals surface area contributed by atoms with E-state index in [2.05, 4.69) is 0 Å². The lowest BCUT2D eigenvalue weighted by Crippen LogP contribution is -2.35. The number of imide groups is 1. The topological polar surface area (TPSA) is 58.2 Å².